The van der Waals surface area contributed by atoms with Crippen molar-refractivity contribution in [2.24, 2.45) is 5.73 Å². The van der Waals surface area contributed by atoms with Crippen LogP contribution in [0.2, 0.25) is 0 Å². The fourth-order valence-corrected chi connectivity index (χ4v) is 2.21. The molecule has 1 saturated carbocycles. The van der Waals surface area contributed by atoms with E-state index >= 15 is 0 Å². The first-order chi connectivity index (χ1) is 6.99. The van der Waals surface area contributed by atoms with E-state index in [9.17, 15) is 4.79 Å². The molecule has 1 saturated heterocycles. The second-order valence-electron chi connectivity index (χ2n) is 5.14. The lowest BCUT2D eigenvalue weighted by atomic mass is 9.94. The second-order valence-corrected chi connectivity index (χ2v) is 5.14. The SMILES string of the molecule is COC1(C)CCCN(C(=O)C2(N)CC2)C1. The fourth-order valence-electron chi connectivity index (χ4n) is 2.21. The molecule has 1 aliphatic carbocycles. The highest BCUT2D eigenvalue weighted by molar-refractivity contribution is 5.89. The lowest BCUT2D eigenvalue weighted by Gasteiger charge is -2.40. The Kier molecular flexibility index (Phi) is 2.51. The third kappa shape index (κ3) is 2.01. The topological polar surface area (TPSA) is 55.6 Å². The zero-order chi connectivity index (χ0) is 11.1. The number of likely N-dealkylation sites (tertiary alicyclic amines) is 1. The Balaban J connectivity index is 2.01. The molecule has 4 nitrogen and oxygen atoms in total. The molecule has 2 N–H and O–H groups in total. The average Bonchev–Trinajstić information content (AvgIpc) is 2.97. The molecule has 15 heavy (non-hydrogen) atoms. The van der Waals surface area contributed by atoms with Crippen molar-refractivity contribution in [2.75, 3.05) is 20.2 Å². The Morgan fingerprint density at radius 1 is 1.40 bits per heavy atom. The number of carbonyl (C=O) groups is 1. The van der Waals surface area contributed by atoms with Crippen molar-refractivity contribution in [3.63, 3.8) is 0 Å². The number of nitrogens with zero attached hydrogens (tertiary/aromatic N) is 1. The zero-order valence-corrected chi connectivity index (χ0v) is 9.58. The molecule has 1 atom stereocenters. The molecule has 0 aromatic rings. The molecular formula is C11H20N2O2. The zero-order valence-electron chi connectivity index (χ0n) is 9.58. The van der Waals surface area contributed by atoms with Gasteiger partial charge < -0.3 is 15.4 Å². The van der Waals surface area contributed by atoms with Crippen LogP contribution in [0.15, 0.2) is 0 Å². The number of nitrogens with two attached hydrogens (primary N) is 1. The van der Waals surface area contributed by atoms with Crippen molar-refractivity contribution in [3.8, 4) is 0 Å². The van der Waals surface area contributed by atoms with Gasteiger partial charge in [0.2, 0.25) is 5.91 Å². The summed E-state index contributed by atoms with van der Waals surface area (Å²) >= 11 is 0. The minimum absolute atomic E-state index is 0.116. The van der Waals surface area contributed by atoms with E-state index < -0.39 is 5.54 Å². The maximum atomic E-state index is 12.0. The lowest BCUT2D eigenvalue weighted by molar-refractivity contribution is -0.141. The largest absolute Gasteiger partial charge is 0.377 e. The highest BCUT2D eigenvalue weighted by atomic mass is 16.5. The van der Waals surface area contributed by atoms with Crippen LogP contribution in [-0.4, -0.2) is 42.1 Å². The van der Waals surface area contributed by atoms with Gasteiger partial charge in [-0.15, -0.1) is 0 Å². The van der Waals surface area contributed by atoms with Crippen LogP contribution in [0.1, 0.15) is 32.6 Å². The standard InChI is InChI=1S/C11H20N2O2/c1-10(15-2)4-3-7-13(8-10)9(14)11(12)5-6-11/h3-8,12H2,1-2H3. The normalized spacial score (nSPS) is 33.9. The summed E-state index contributed by atoms with van der Waals surface area (Å²) < 4.78 is 5.46. The van der Waals surface area contributed by atoms with Gasteiger partial charge in [-0.1, -0.05) is 0 Å². The molecule has 2 aliphatic rings. The third-order valence-corrected chi connectivity index (χ3v) is 3.65. The third-order valence-electron chi connectivity index (χ3n) is 3.65. The van der Waals surface area contributed by atoms with Crippen molar-refractivity contribution >= 4 is 5.91 Å². The molecule has 1 heterocycles. The highest BCUT2D eigenvalue weighted by Gasteiger charge is 2.49. The minimum atomic E-state index is -0.536. The summed E-state index contributed by atoms with van der Waals surface area (Å²) in [7, 11) is 1.71. The number of rotatable bonds is 2. The molecule has 0 bridgehead atoms. The molecule has 1 unspecified atom stereocenters. The van der Waals surface area contributed by atoms with Gasteiger partial charge in [-0.05, 0) is 32.6 Å². The van der Waals surface area contributed by atoms with Gasteiger partial charge in [0.25, 0.3) is 0 Å². The van der Waals surface area contributed by atoms with Crippen LogP contribution in [0.5, 0.6) is 0 Å². The van der Waals surface area contributed by atoms with Crippen LogP contribution in [0.4, 0.5) is 0 Å². The summed E-state index contributed by atoms with van der Waals surface area (Å²) in [6.45, 7) is 3.57. The molecule has 0 aromatic carbocycles. The van der Waals surface area contributed by atoms with Crippen molar-refractivity contribution in [2.45, 2.75) is 43.7 Å². The Labute approximate surface area is 90.8 Å². The van der Waals surface area contributed by atoms with Crippen molar-refractivity contribution in [1.82, 2.24) is 4.90 Å². The first-order valence-corrected chi connectivity index (χ1v) is 5.63. The number of piperidine rings is 1. The maximum absolute atomic E-state index is 12.0. The van der Waals surface area contributed by atoms with Gasteiger partial charge >= 0.3 is 0 Å². The first kappa shape index (κ1) is 10.9. The van der Waals surface area contributed by atoms with E-state index in [2.05, 4.69) is 6.92 Å². The number of methoxy groups -OCH3 is 1. The Morgan fingerprint density at radius 2 is 2.07 bits per heavy atom. The van der Waals surface area contributed by atoms with Crippen LogP contribution in [0.3, 0.4) is 0 Å². The van der Waals surface area contributed by atoms with Crippen LogP contribution in [-0.2, 0) is 9.53 Å². The molecular weight excluding hydrogens is 192 g/mol. The van der Waals surface area contributed by atoms with E-state index in [0.717, 1.165) is 32.2 Å². The summed E-state index contributed by atoms with van der Waals surface area (Å²) in [5, 5.41) is 0. The summed E-state index contributed by atoms with van der Waals surface area (Å²) in [5.74, 6) is 0.116. The average molecular weight is 212 g/mol. The van der Waals surface area contributed by atoms with Gasteiger partial charge in [0.05, 0.1) is 11.1 Å². The van der Waals surface area contributed by atoms with Gasteiger partial charge in [-0.25, -0.2) is 0 Å². The summed E-state index contributed by atoms with van der Waals surface area (Å²) in [5.41, 5.74) is 5.20. The van der Waals surface area contributed by atoms with E-state index in [1.807, 2.05) is 4.90 Å². The predicted molar refractivity (Wildman–Crippen MR) is 57.4 cm³/mol. The maximum Gasteiger partial charge on any atom is 0.242 e. The molecule has 4 heteroatoms. The molecule has 86 valence electrons. The molecule has 2 rings (SSSR count). The van der Waals surface area contributed by atoms with E-state index in [4.69, 9.17) is 10.5 Å². The summed E-state index contributed by atoms with van der Waals surface area (Å²) in [4.78, 5) is 13.9. The smallest absolute Gasteiger partial charge is 0.242 e. The number of ether oxygens (including phenoxy) is 1. The van der Waals surface area contributed by atoms with Gasteiger partial charge in [0, 0.05) is 20.2 Å². The number of hydrogen-bond donors (Lipinski definition) is 1. The Hall–Kier alpha value is -0.610. The predicted octanol–water partition coefficient (Wildman–Crippen LogP) is 0.505. The molecule has 0 radical (unpaired) electrons. The summed E-state index contributed by atoms with van der Waals surface area (Å²) in [6.07, 6.45) is 3.70. The van der Waals surface area contributed by atoms with E-state index in [-0.39, 0.29) is 11.5 Å². The van der Waals surface area contributed by atoms with Gasteiger partial charge in [-0.3, -0.25) is 4.79 Å². The van der Waals surface area contributed by atoms with E-state index in [0.29, 0.717) is 6.54 Å². The van der Waals surface area contributed by atoms with Crippen molar-refractivity contribution < 1.29 is 9.53 Å². The van der Waals surface area contributed by atoms with E-state index in [1.54, 1.807) is 7.11 Å². The van der Waals surface area contributed by atoms with Crippen LogP contribution in [0, 0.1) is 0 Å². The fraction of sp³-hybridized carbons (Fsp3) is 0.909. The van der Waals surface area contributed by atoms with Gasteiger partial charge in [0.15, 0.2) is 0 Å². The minimum Gasteiger partial charge on any atom is -0.377 e. The Bertz CT molecular complexity index is 276. The van der Waals surface area contributed by atoms with Gasteiger partial charge in [0.1, 0.15) is 0 Å². The number of amides is 1. The van der Waals surface area contributed by atoms with Crippen molar-refractivity contribution in [1.29, 1.82) is 0 Å². The summed E-state index contributed by atoms with van der Waals surface area (Å²) in [6, 6.07) is 0. The molecule has 0 aromatic heterocycles. The molecule has 2 fully saturated rings. The van der Waals surface area contributed by atoms with Crippen molar-refractivity contribution in [3.05, 3.63) is 0 Å². The lowest BCUT2D eigenvalue weighted by Crippen LogP contribution is -2.54. The van der Waals surface area contributed by atoms with Crippen LogP contribution >= 0.6 is 0 Å². The number of hydrogen-bond acceptors (Lipinski definition) is 3. The van der Waals surface area contributed by atoms with Crippen LogP contribution < -0.4 is 5.73 Å². The van der Waals surface area contributed by atoms with Crippen LogP contribution in [0.25, 0.3) is 0 Å². The number of carbonyl (C=O) groups excluding carboxylic acids is 1. The van der Waals surface area contributed by atoms with E-state index in [1.165, 1.54) is 0 Å². The first-order valence-electron chi connectivity index (χ1n) is 5.63. The van der Waals surface area contributed by atoms with Gasteiger partial charge in [-0.2, -0.15) is 0 Å². The molecule has 0 spiro atoms. The quantitative estimate of drug-likeness (QED) is 0.725. The molecule has 1 aliphatic heterocycles. The Morgan fingerprint density at radius 3 is 2.60 bits per heavy atom. The highest BCUT2D eigenvalue weighted by Crippen LogP contribution is 2.36. The monoisotopic (exact) mass is 212 g/mol. The molecule has 1 amide bonds. The second kappa shape index (κ2) is 3.46.